The molecule has 0 aromatic rings. The summed E-state index contributed by atoms with van der Waals surface area (Å²) < 4.78 is 5.18. The summed E-state index contributed by atoms with van der Waals surface area (Å²) in [5.41, 5.74) is -0.632. The van der Waals surface area contributed by atoms with Crippen molar-refractivity contribution >= 4 is 5.97 Å². The maximum Gasteiger partial charge on any atom is 0.327 e. The van der Waals surface area contributed by atoms with Crippen LogP contribution in [0.3, 0.4) is 0 Å². The van der Waals surface area contributed by atoms with Gasteiger partial charge in [0.1, 0.15) is 5.54 Å². The molecule has 0 aliphatic carbocycles. The summed E-state index contributed by atoms with van der Waals surface area (Å²) >= 11 is 0. The SMILES string of the molecule is CCCCCN(CC(C)(NC)C(=O)OCC)C(C)C. The van der Waals surface area contributed by atoms with E-state index in [-0.39, 0.29) is 5.97 Å². The van der Waals surface area contributed by atoms with Crippen molar-refractivity contribution in [1.29, 1.82) is 0 Å². The van der Waals surface area contributed by atoms with Gasteiger partial charge in [-0.25, -0.2) is 0 Å². The van der Waals surface area contributed by atoms with Crippen LogP contribution >= 0.6 is 0 Å². The third-order valence-electron chi connectivity index (χ3n) is 3.58. The lowest BCUT2D eigenvalue weighted by atomic mass is 10.0. The minimum Gasteiger partial charge on any atom is -0.465 e. The predicted octanol–water partition coefficient (Wildman–Crippen LogP) is 2.43. The van der Waals surface area contributed by atoms with Crippen LogP contribution in [0.2, 0.25) is 0 Å². The van der Waals surface area contributed by atoms with E-state index in [9.17, 15) is 4.79 Å². The fourth-order valence-electron chi connectivity index (χ4n) is 2.03. The van der Waals surface area contributed by atoms with Gasteiger partial charge in [-0.3, -0.25) is 9.69 Å². The number of rotatable bonds is 10. The van der Waals surface area contributed by atoms with Crippen molar-refractivity contribution in [3.63, 3.8) is 0 Å². The summed E-state index contributed by atoms with van der Waals surface area (Å²) in [5.74, 6) is -0.168. The normalized spacial score (nSPS) is 14.7. The first-order valence-electron chi connectivity index (χ1n) is 7.51. The number of carbonyl (C=O) groups is 1. The summed E-state index contributed by atoms with van der Waals surface area (Å²) in [6.45, 7) is 12.4. The van der Waals surface area contributed by atoms with Gasteiger partial charge < -0.3 is 10.1 Å². The second-order valence-corrected chi connectivity index (χ2v) is 5.57. The van der Waals surface area contributed by atoms with Crippen molar-refractivity contribution in [3.05, 3.63) is 0 Å². The van der Waals surface area contributed by atoms with Gasteiger partial charge in [0.15, 0.2) is 0 Å². The number of hydrogen-bond acceptors (Lipinski definition) is 4. The lowest BCUT2D eigenvalue weighted by Gasteiger charge is -2.35. The molecule has 0 radical (unpaired) electrons. The molecule has 0 aromatic heterocycles. The smallest absolute Gasteiger partial charge is 0.327 e. The highest BCUT2D eigenvalue weighted by Gasteiger charge is 2.35. The van der Waals surface area contributed by atoms with Crippen molar-refractivity contribution in [3.8, 4) is 0 Å². The Labute approximate surface area is 118 Å². The number of esters is 1. The molecule has 0 spiro atoms. The molecule has 114 valence electrons. The highest BCUT2D eigenvalue weighted by atomic mass is 16.5. The van der Waals surface area contributed by atoms with E-state index in [0.717, 1.165) is 6.54 Å². The van der Waals surface area contributed by atoms with Crippen LogP contribution < -0.4 is 5.32 Å². The van der Waals surface area contributed by atoms with E-state index in [0.29, 0.717) is 19.2 Å². The third kappa shape index (κ3) is 6.39. The summed E-state index contributed by atoms with van der Waals surface area (Å²) in [4.78, 5) is 14.4. The van der Waals surface area contributed by atoms with Crippen LogP contribution in [0.4, 0.5) is 0 Å². The minimum absolute atomic E-state index is 0.168. The Morgan fingerprint density at radius 2 is 1.95 bits per heavy atom. The van der Waals surface area contributed by atoms with Gasteiger partial charge in [-0.05, 0) is 47.7 Å². The molecule has 0 saturated heterocycles. The lowest BCUT2D eigenvalue weighted by molar-refractivity contribution is -0.151. The first kappa shape index (κ1) is 18.4. The average molecular weight is 272 g/mol. The minimum atomic E-state index is -0.632. The van der Waals surface area contributed by atoms with Gasteiger partial charge in [-0.15, -0.1) is 0 Å². The molecular weight excluding hydrogens is 240 g/mol. The van der Waals surface area contributed by atoms with Crippen LogP contribution in [0.5, 0.6) is 0 Å². The van der Waals surface area contributed by atoms with Gasteiger partial charge in [0.25, 0.3) is 0 Å². The van der Waals surface area contributed by atoms with E-state index >= 15 is 0 Å². The van der Waals surface area contributed by atoms with E-state index in [2.05, 4.69) is 31.0 Å². The van der Waals surface area contributed by atoms with Gasteiger partial charge in [0, 0.05) is 12.6 Å². The molecule has 0 heterocycles. The topological polar surface area (TPSA) is 41.6 Å². The number of likely N-dealkylation sites (N-methyl/N-ethyl adjacent to an activating group) is 1. The molecule has 1 N–H and O–H groups in total. The fourth-order valence-corrected chi connectivity index (χ4v) is 2.03. The molecule has 4 heteroatoms. The first-order valence-corrected chi connectivity index (χ1v) is 7.51. The Hall–Kier alpha value is -0.610. The Bertz CT molecular complexity index is 257. The van der Waals surface area contributed by atoms with Gasteiger partial charge in [-0.1, -0.05) is 19.8 Å². The number of unbranched alkanes of at least 4 members (excludes halogenated alkanes) is 2. The molecule has 1 unspecified atom stereocenters. The fraction of sp³-hybridized carbons (Fsp3) is 0.933. The van der Waals surface area contributed by atoms with E-state index in [1.165, 1.54) is 19.3 Å². The monoisotopic (exact) mass is 272 g/mol. The lowest BCUT2D eigenvalue weighted by Crippen LogP contribution is -2.57. The van der Waals surface area contributed by atoms with Crippen molar-refractivity contribution in [2.75, 3.05) is 26.7 Å². The predicted molar refractivity (Wildman–Crippen MR) is 80.3 cm³/mol. The molecule has 0 saturated carbocycles. The number of nitrogens with zero attached hydrogens (tertiary/aromatic N) is 1. The quantitative estimate of drug-likeness (QED) is 0.490. The molecule has 19 heavy (non-hydrogen) atoms. The molecule has 0 rings (SSSR count). The largest absolute Gasteiger partial charge is 0.465 e. The van der Waals surface area contributed by atoms with Crippen LogP contribution in [0, 0.1) is 0 Å². The molecule has 0 aliphatic rings. The van der Waals surface area contributed by atoms with Gasteiger partial charge in [-0.2, -0.15) is 0 Å². The molecule has 0 amide bonds. The third-order valence-corrected chi connectivity index (χ3v) is 3.58. The van der Waals surface area contributed by atoms with E-state index < -0.39 is 5.54 Å². The maximum atomic E-state index is 12.1. The summed E-state index contributed by atoms with van der Waals surface area (Å²) in [5, 5.41) is 3.12. The van der Waals surface area contributed by atoms with Crippen molar-refractivity contribution in [2.45, 2.75) is 65.5 Å². The molecule has 1 atom stereocenters. The van der Waals surface area contributed by atoms with Crippen molar-refractivity contribution in [1.82, 2.24) is 10.2 Å². The van der Waals surface area contributed by atoms with Gasteiger partial charge >= 0.3 is 5.97 Å². The summed E-state index contributed by atoms with van der Waals surface area (Å²) in [6.07, 6.45) is 3.63. The Kier molecular flexibility index (Phi) is 9.02. The molecule has 0 bridgehead atoms. The van der Waals surface area contributed by atoms with E-state index in [1.807, 2.05) is 20.9 Å². The molecule has 0 aliphatic heterocycles. The standard InChI is InChI=1S/C15H32N2O2/c1-7-9-10-11-17(13(3)4)12-15(5,16-6)14(18)19-8-2/h13,16H,7-12H2,1-6H3. The second kappa shape index (κ2) is 9.32. The number of nitrogens with one attached hydrogen (secondary N) is 1. The molecule has 4 nitrogen and oxygen atoms in total. The Morgan fingerprint density at radius 1 is 1.32 bits per heavy atom. The van der Waals surface area contributed by atoms with Crippen LogP contribution in [0.1, 0.15) is 53.9 Å². The maximum absolute atomic E-state index is 12.1. The number of carbonyl (C=O) groups excluding carboxylic acids is 1. The van der Waals surface area contributed by atoms with Crippen LogP contribution in [-0.2, 0) is 9.53 Å². The number of ether oxygens (including phenoxy) is 1. The highest BCUT2D eigenvalue weighted by molar-refractivity contribution is 5.80. The van der Waals surface area contributed by atoms with E-state index in [4.69, 9.17) is 4.74 Å². The average Bonchev–Trinajstić information content (AvgIpc) is 2.37. The first-order chi connectivity index (χ1) is 8.91. The summed E-state index contributed by atoms with van der Waals surface area (Å²) in [7, 11) is 1.82. The summed E-state index contributed by atoms with van der Waals surface area (Å²) in [6, 6.07) is 0.430. The Morgan fingerprint density at radius 3 is 2.37 bits per heavy atom. The number of hydrogen-bond donors (Lipinski definition) is 1. The zero-order valence-corrected chi connectivity index (χ0v) is 13.6. The Balaban J connectivity index is 4.62. The van der Waals surface area contributed by atoms with Crippen LogP contribution in [-0.4, -0.2) is 49.2 Å². The second-order valence-electron chi connectivity index (χ2n) is 5.57. The van der Waals surface area contributed by atoms with Gasteiger partial charge in [0.05, 0.1) is 6.61 Å². The molecular formula is C15H32N2O2. The van der Waals surface area contributed by atoms with Crippen molar-refractivity contribution in [2.24, 2.45) is 0 Å². The van der Waals surface area contributed by atoms with Gasteiger partial charge in [0.2, 0.25) is 0 Å². The van der Waals surface area contributed by atoms with E-state index in [1.54, 1.807) is 0 Å². The van der Waals surface area contributed by atoms with Crippen LogP contribution in [0.15, 0.2) is 0 Å². The molecule has 0 fully saturated rings. The molecule has 0 aromatic carbocycles. The zero-order chi connectivity index (χ0) is 14.9. The zero-order valence-electron chi connectivity index (χ0n) is 13.6. The van der Waals surface area contributed by atoms with Crippen molar-refractivity contribution < 1.29 is 9.53 Å². The highest BCUT2D eigenvalue weighted by Crippen LogP contribution is 2.13. The van der Waals surface area contributed by atoms with Crippen LogP contribution in [0.25, 0.3) is 0 Å².